The van der Waals surface area contributed by atoms with Crippen LogP contribution in [0.1, 0.15) is 19.4 Å². The molecular formula is C13H17NO4. The van der Waals surface area contributed by atoms with Gasteiger partial charge < -0.3 is 15.1 Å². The molecular weight excluding hydrogens is 234 g/mol. The molecule has 0 aliphatic heterocycles. The summed E-state index contributed by atoms with van der Waals surface area (Å²) in [4.78, 5) is 23.5. The number of carboxylic acid groups (broad SMARTS) is 2. The zero-order valence-corrected chi connectivity index (χ0v) is 10.7. The van der Waals surface area contributed by atoms with E-state index in [0.717, 1.165) is 0 Å². The first-order chi connectivity index (χ1) is 8.26. The average Bonchev–Trinajstić information content (AvgIpc) is 2.27. The van der Waals surface area contributed by atoms with E-state index >= 15 is 0 Å². The molecule has 1 rings (SSSR count). The number of para-hydroxylation sites is 1. The SMILES string of the molecule is CN(CC(=O)O)c1ccccc1C(C)(C)C(=O)O. The first-order valence-corrected chi connectivity index (χ1v) is 5.52. The van der Waals surface area contributed by atoms with Crippen LogP contribution >= 0.6 is 0 Å². The van der Waals surface area contributed by atoms with Crippen molar-refractivity contribution < 1.29 is 19.8 Å². The lowest BCUT2D eigenvalue weighted by Crippen LogP contribution is -2.33. The van der Waals surface area contributed by atoms with Gasteiger partial charge in [-0.05, 0) is 25.5 Å². The van der Waals surface area contributed by atoms with Crippen LogP contribution in [0.5, 0.6) is 0 Å². The van der Waals surface area contributed by atoms with E-state index in [4.69, 9.17) is 5.11 Å². The van der Waals surface area contributed by atoms with Crippen LogP contribution in [0.2, 0.25) is 0 Å². The topological polar surface area (TPSA) is 77.8 Å². The first-order valence-electron chi connectivity index (χ1n) is 5.52. The summed E-state index contributed by atoms with van der Waals surface area (Å²) in [5, 5.41) is 18.0. The molecule has 2 N–H and O–H groups in total. The molecule has 18 heavy (non-hydrogen) atoms. The Labute approximate surface area is 106 Å². The maximum absolute atomic E-state index is 11.3. The summed E-state index contributed by atoms with van der Waals surface area (Å²) >= 11 is 0. The number of anilines is 1. The summed E-state index contributed by atoms with van der Waals surface area (Å²) in [6.07, 6.45) is 0. The van der Waals surface area contributed by atoms with Crippen LogP contribution in [-0.4, -0.2) is 35.7 Å². The van der Waals surface area contributed by atoms with E-state index in [9.17, 15) is 14.7 Å². The highest BCUT2D eigenvalue weighted by molar-refractivity contribution is 5.84. The van der Waals surface area contributed by atoms with Crippen LogP contribution in [-0.2, 0) is 15.0 Å². The van der Waals surface area contributed by atoms with E-state index in [-0.39, 0.29) is 6.54 Å². The molecule has 0 unspecified atom stereocenters. The summed E-state index contributed by atoms with van der Waals surface area (Å²) in [5.41, 5.74) is 0.150. The summed E-state index contributed by atoms with van der Waals surface area (Å²) in [6.45, 7) is 3.03. The lowest BCUT2D eigenvalue weighted by molar-refractivity contribution is -0.142. The van der Waals surface area contributed by atoms with Crippen molar-refractivity contribution in [3.63, 3.8) is 0 Å². The van der Waals surface area contributed by atoms with Crippen molar-refractivity contribution in [2.45, 2.75) is 19.3 Å². The third kappa shape index (κ3) is 2.80. The predicted molar refractivity (Wildman–Crippen MR) is 68.0 cm³/mol. The van der Waals surface area contributed by atoms with Gasteiger partial charge in [-0.3, -0.25) is 9.59 Å². The molecule has 1 aromatic rings. The Morgan fingerprint density at radius 1 is 1.22 bits per heavy atom. The molecule has 98 valence electrons. The number of benzene rings is 1. The van der Waals surface area contributed by atoms with E-state index in [0.29, 0.717) is 11.3 Å². The molecule has 0 aliphatic rings. The summed E-state index contributed by atoms with van der Waals surface area (Å²) in [7, 11) is 1.63. The van der Waals surface area contributed by atoms with Gasteiger partial charge in [0.2, 0.25) is 0 Å². The lowest BCUT2D eigenvalue weighted by Gasteiger charge is -2.27. The van der Waals surface area contributed by atoms with Gasteiger partial charge in [-0.1, -0.05) is 18.2 Å². The molecule has 0 aliphatic carbocycles. The summed E-state index contributed by atoms with van der Waals surface area (Å²) < 4.78 is 0. The minimum absolute atomic E-state index is 0.174. The van der Waals surface area contributed by atoms with E-state index in [1.807, 2.05) is 0 Å². The normalized spacial score (nSPS) is 11.1. The van der Waals surface area contributed by atoms with Gasteiger partial charge in [0.05, 0.1) is 5.41 Å². The largest absolute Gasteiger partial charge is 0.481 e. The Hall–Kier alpha value is -2.04. The first kappa shape index (κ1) is 14.0. The highest BCUT2D eigenvalue weighted by Crippen LogP contribution is 2.31. The van der Waals surface area contributed by atoms with Crippen molar-refractivity contribution >= 4 is 17.6 Å². The van der Waals surface area contributed by atoms with Crippen molar-refractivity contribution in [2.24, 2.45) is 0 Å². The van der Waals surface area contributed by atoms with Crippen molar-refractivity contribution in [1.29, 1.82) is 0 Å². The van der Waals surface area contributed by atoms with Crippen LogP contribution < -0.4 is 4.90 Å². The minimum Gasteiger partial charge on any atom is -0.481 e. The predicted octanol–water partition coefficient (Wildman–Crippen LogP) is 1.57. The average molecular weight is 251 g/mol. The Bertz CT molecular complexity index is 468. The lowest BCUT2D eigenvalue weighted by atomic mass is 9.83. The van der Waals surface area contributed by atoms with E-state index in [2.05, 4.69) is 0 Å². The van der Waals surface area contributed by atoms with Gasteiger partial charge in [0.25, 0.3) is 0 Å². The smallest absolute Gasteiger partial charge is 0.323 e. The van der Waals surface area contributed by atoms with E-state index < -0.39 is 17.4 Å². The molecule has 0 aromatic heterocycles. The summed E-state index contributed by atoms with van der Waals surface area (Å²) in [5.74, 6) is -1.90. The number of rotatable bonds is 5. The molecule has 1 aromatic carbocycles. The zero-order valence-electron chi connectivity index (χ0n) is 10.7. The molecule has 0 fully saturated rings. The van der Waals surface area contributed by atoms with E-state index in [1.165, 1.54) is 4.90 Å². The quantitative estimate of drug-likeness (QED) is 0.830. The molecule has 0 saturated carbocycles. The Balaban J connectivity index is 3.22. The van der Waals surface area contributed by atoms with Gasteiger partial charge in [-0.25, -0.2) is 0 Å². The molecule has 0 saturated heterocycles. The molecule has 0 heterocycles. The standard InChI is InChI=1S/C13H17NO4/c1-13(2,12(17)18)9-6-4-5-7-10(9)14(3)8-11(15)16/h4-7H,8H2,1-3H3,(H,15,16)(H,17,18). The number of carbonyl (C=O) groups is 2. The fraction of sp³-hybridized carbons (Fsp3) is 0.385. The minimum atomic E-state index is -1.07. The second kappa shape index (κ2) is 5.08. The molecule has 0 bridgehead atoms. The number of hydrogen-bond acceptors (Lipinski definition) is 3. The number of carboxylic acids is 2. The van der Waals surface area contributed by atoms with Crippen molar-refractivity contribution in [1.82, 2.24) is 0 Å². The monoisotopic (exact) mass is 251 g/mol. The molecule has 0 amide bonds. The maximum atomic E-state index is 11.3. The van der Waals surface area contributed by atoms with E-state index in [1.54, 1.807) is 45.2 Å². The highest BCUT2D eigenvalue weighted by Gasteiger charge is 2.32. The molecule has 5 nitrogen and oxygen atoms in total. The zero-order chi connectivity index (χ0) is 13.9. The number of aliphatic carboxylic acids is 2. The fourth-order valence-electron chi connectivity index (χ4n) is 1.74. The van der Waals surface area contributed by atoms with Gasteiger partial charge in [0.15, 0.2) is 0 Å². The maximum Gasteiger partial charge on any atom is 0.323 e. The number of hydrogen-bond donors (Lipinski definition) is 2. The Morgan fingerprint density at radius 2 is 1.78 bits per heavy atom. The van der Waals surface area contributed by atoms with Crippen LogP contribution in [0.3, 0.4) is 0 Å². The number of nitrogens with zero attached hydrogens (tertiary/aromatic N) is 1. The van der Waals surface area contributed by atoms with Gasteiger partial charge in [-0.2, -0.15) is 0 Å². The van der Waals surface area contributed by atoms with Crippen molar-refractivity contribution in [3.8, 4) is 0 Å². The molecule has 0 radical (unpaired) electrons. The van der Waals surface area contributed by atoms with Crippen molar-refractivity contribution in [3.05, 3.63) is 29.8 Å². The Morgan fingerprint density at radius 3 is 2.28 bits per heavy atom. The summed E-state index contributed by atoms with van der Waals surface area (Å²) in [6, 6.07) is 6.94. The van der Waals surface area contributed by atoms with Crippen LogP contribution in [0, 0.1) is 0 Å². The van der Waals surface area contributed by atoms with Gasteiger partial charge in [-0.15, -0.1) is 0 Å². The van der Waals surface area contributed by atoms with Crippen molar-refractivity contribution in [2.75, 3.05) is 18.5 Å². The third-order valence-corrected chi connectivity index (χ3v) is 2.90. The molecule has 0 atom stereocenters. The van der Waals surface area contributed by atoms with Crippen LogP contribution in [0.15, 0.2) is 24.3 Å². The molecule has 0 spiro atoms. The molecule has 5 heteroatoms. The number of likely N-dealkylation sites (N-methyl/N-ethyl adjacent to an activating group) is 1. The highest BCUT2D eigenvalue weighted by atomic mass is 16.4. The van der Waals surface area contributed by atoms with Crippen LogP contribution in [0.4, 0.5) is 5.69 Å². The third-order valence-electron chi connectivity index (χ3n) is 2.90. The Kier molecular flexibility index (Phi) is 3.96. The van der Waals surface area contributed by atoms with Gasteiger partial charge >= 0.3 is 11.9 Å². The van der Waals surface area contributed by atoms with Gasteiger partial charge in [0, 0.05) is 12.7 Å². The second-order valence-corrected chi connectivity index (χ2v) is 4.70. The second-order valence-electron chi connectivity index (χ2n) is 4.70. The van der Waals surface area contributed by atoms with Crippen LogP contribution in [0.25, 0.3) is 0 Å². The fourth-order valence-corrected chi connectivity index (χ4v) is 1.74. The van der Waals surface area contributed by atoms with Gasteiger partial charge in [0.1, 0.15) is 6.54 Å².